The summed E-state index contributed by atoms with van der Waals surface area (Å²) in [5.41, 5.74) is 11.8. The summed E-state index contributed by atoms with van der Waals surface area (Å²) in [6.07, 6.45) is 14.9. The van der Waals surface area contributed by atoms with E-state index in [2.05, 4.69) is 28.9 Å². The first-order valence-electron chi connectivity index (χ1n) is 9.39. The van der Waals surface area contributed by atoms with Crippen molar-refractivity contribution < 1.29 is 4.79 Å². The molecule has 0 bridgehead atoms. The van der Waals surface area contributed by atoms with Crippen molar-refractivity contribution in [3.63, 3.8) is 0 Å². The fourth-order valence-electron chi connectivity index (χ4n) is 3.22. The lowest BCUT2D eigenvalue weighted by molar-refractivity contribution is -0.112. The van der Waals surface area contributed by atoms with Gasteiger partial charge in [-0.25, -0.2) is 0 Å². The van der Waals surface area contributed by atoms with Gasteiger partial charge < -0.3 is 16.4 Å². The average Bonchev–Trinajstić information content (AvgIpc) is 2.69. The number of fused-ring (bicyclic) bond motifs is 1. The molecule has 0 radical (unpaired) electrons. The number of rotatable bonds is 5. The zero-order valence-electron chi connectivity index (χ0n) is 15.3. The fourth-order valence-corrected chi connectivity index (χ4v) is 3.22. The van der Waals surface area contributed by atoms with Crippen molar-refractivity contribution in [3.05, 3.63) is 71.0 Å². The summed E-state index contributed by atoms with van der Waals surface area (Å²) in [6.45, 7) is 2.96. The first kappa shape index (κ1) is 18.1. The first-order valence-corrected chi connectivity index (χ1v) is 9.39. The van der Waals surface area contributed by atoms with Crippen LogP contribution in [-0.4, -0.2) is 12.5 Å². The number of benzene rings is 1. The molecule has 2 aliphatic rings. The summed E-state index contributed by atoms with van der Waals surface area (Å²) >= 11 is 0. The minimum absolute atomic E-state index is 0.0829. The molecule has 1 aliphatic carbocycles. The van der Waals surface area contributed by atoms with Crippen LogP contribution in [0.15, 0.2) is 65.4 Å². The van der Waals surface area contributed by atoms with Crippen LogP contribution in [0, 0.1) is 0 Å². The van der Waals surface area contributed by atoms with Gasteiger partial charge in [-0.3, -0.25) is 4.79 Å². The molecule has 1 amide bonds. The van der Waals surface area contributed by atoms with Crippen molar-refractivity contribution in [1.82, 2.24) is 0 Å². The average molecular weight is 349 g/mol. The topological polar surface area (TPSA) is 67.2 Å². The summed E-state index contributed by atoms with van der Waals surface area (Å²) in [6, 6.07) is 6.08. The van der Waals surface area contributed by atoms with E-state index in [1.54, 1.807) is 0 Å². The van der Waals surface area contributed by atoms with Gasteiger partial charge in [-0.15, -0.1) is 0 Å². The van der Waals surface area contributed by atoms with E-state index in [9.17, 15) is 4.79 Å². The highest BCUT2D eigenvalue weighted by Crippen LogP contribution is 2.25. The molecule has 26 heavy (non-hydrogen) atoms. The number of nitrogens with one attached hydrogen (secondary N) is 2. The maximum atomic E-state index is 12.6. The van der Waals surface area contributed by atoms with Crippen LogP contribution < -0.4 is 16.4 Å². The summed E-state index contributed by atoms with van der Waals surface area (Å²) in [4.78, 5) is 12.6. The molecule has 0 unspecified atom stereocenters. The zero-order valence-corrected chi connectivity index (χ0v) is 15.3. The highest BCUT2D eigenvalue weighted by atomic mass is 16.1. The molecule has 1 heterocycles. The monoisotopic (exact) mass is 349 g/mol. The molecule has 3 rings (SSSR count). The Hall–Kier alpha value is -2.75. The molecule has 136 valence electrons. The van der Waals surface area contributed by atoms with E-state index in [0.29, 0.717) is 17.7 Å². The van der Waals surface area contributed by atoms with Crippen LogP contribution in [0.5, 0.6) is 0 Å². The number of anilines is 2. The summed E-state index contributed by atoms with van der Waals surface area (Å²) in [7, 11) is 0. The Balaban J connectivity index is 1.70. The molecule has 0 atom stereocenters. The highest BCUT2D eigenvalue weighted by Gasteiger charge is 2.12. The number of carbonyl (C=O) groups excluding carboxylic acids is 1. The van der Waals surface area contributed by atoms with Crippen LogP contribution >= 0.6 is 0 Å². The second-order valence-corrected chi connectivity index (χ2v) is 6.66. The van der Waals surface area contributed by atoms with E-state index in [4.69, 9.17) is 5.73 Å². The zero-order chi connectivity index (χ0) is 18.4. The van der Waals surface area contributed by atoms with Crippen molar-refractivity contribution in [2.24, 2.45) is 5.73 Å². The highest BCUT2D eigenvalue weighted by molar-refractivity contribution is 6.04. The Morgan fingerprint density at radius 3 is 2.96 bits per heavy atom. The molecule has 4 heteroatoms. The third-order valence-electron chi connectivity index (χ3n) is 4.77. The van der Waals surface area contributed by atoms with Gasteiger partial charge in [-0.1, -0.05) is 37.3 Å². The second kappa shape index (κ2) is 8.56. The van der Waals surface area contributed by atoms with Gasteiger partial charge in [0, 0.05) is 29.2 Å². The maximum Gasteiger partial charge on any atom is 0.251 e. The number of amides is 1. The Morgan fingerprint density at radius 1 is 1.31 bits per heavy atom. The van der Waals surface area contributed by atoms with Crippen LogP contribution in [0.4, 0.5) is 11.4 Å². The van der Waals surface area contributed by atoms with Crippen LogP contribution in [0.1, 0.15) is 38.2 Å². The molecule has 4 N–H and O–H groups in total. The van der Waals surface area contributed by atoms with Crippen molar-refractivity contribution >= 4 is 17.3 Å². The predicted molar refractivity (Wildman–Crippen MR) is 109 cm³/mol. The number of nitrogens with two attached hydrogens (primary N) is 1. The molecular formula is C22H27N3O. The Labute approximate surface area is 155 Å². The third-order valence-corrected chi connectivity index (χ3v) is 4.77. The standard InChI is InChI=1S/C22H27N3O/c1-2-16(11-13-20(23)17-7-4-3-5-8-17)22(26)25-19-12-10-18-9-6-14-24-21(18)15-19/h4,7-8,10-13,15,24H,2-3,5-6,9,14,23H2,1H3,(H,25,26)/b16-11+,20-13-. The van der Waals surface area contributed by atoms with E-state index in [1.807, 2.05) is 37.3 Å². The molecule has 1 aliphatic heterocycles. The lowest BCUT2D eigenvalue weighted by Crippen LogP contribution is -2.16. The SMILES string of the molecule is CC/C(=C\C=C(/N)C1=CCCC=C1)C(=O)Nc1ccc2c(c1)NCCC2. The van der Waals surface area contributed by atoms with Gasteiger partial charge in [0.25, 0.3) is 5.91 Å². The van der Waals surface area contributed by atoms with Crippen molar-refractivity contribution in [2.45, 2.75) is 39.0 Å². The van der Waals surface area contributed by atoms with Crippen LogP contribution in [0.3, 0.4) is 0 Å². The van der Waals surface area contributed by atoms with Gasteiger partial charge in [0.2, 0.25) is 0 Å². The molecule has 0 aromatic heterocycles. The van der Waals surface area contributed by atoms with Crippen LogP contribution in [-0.2, 0) is 11.2 Å². The van der Waals surface area contributed by atoms with Gasteiger partial charge in [0.05, 0.1) is 0 Å². The third kappa shape index (κ3) is 4.45. The molecule has 0 saturated heterocycles. The quantitative estimate of drug-likeness (QED) is 0.544. The Morgan fingerprint density at radius 2 is 2.19 bits per heavy atom. The maximum absolute atomic E-state index is 12.6. The van der Waals surface area contributed by atoms with E-state index in [-0.39, 0.29) is 5.91 Å². The van der Waals surface area contributed by atoms with Gasteiger partial charge in [-0.2, -0.15) is 0 Å². The largest absolute Gasteiger partial charge is 0.398 e. The first-order chi connectivity index (χ1) is 12.7. The summed E-state index contributed by atoms with van der Waals surface area (Å²) < 4.78 is 0. The van der Waals surface area contributed by atoms with Gasteiger partial charge in [0.15, 0.2) is 0 Å². The van der Waals surface area contributed by atoms with E-state index in [1.165, 1.54) is 5.56 Å². The Bertz CT molecular complexity index is 800. The minimum Gasteiger partial charge on any atom is -0.398 e. The minimum atomic E-state index is -0.0829. The van der Waals surface area contributed by atoms with E-state index < -0.39 is 0 Å². The predicted octanol–water partition coefficient (Wildman–Crippen LogP) is 4.44. The molecule has 1 aromatic carbocycles. The number of aryl methyl sites for hydroxylation is 1. The van der Waals surface area contributed by atoms with Gasteiger partial charge in [-0.05, 0) is 61.4 Å². The van der Waals surface area contributed by atoms with E-state index in [0.717, 1.165) is 49.2 Å². The van der Waals surface area contributed by atoms with Crippen molar-refractivity contribution in [2.75, 3.05) is 17.2 Å². The van der Waals surface area contributed by atoms with Crippen LogP contribution in [0.2, 0.25) is 0 Å². The second-order valence-electron chi connectivity index (χ2n) is 6.66. The lowest BCUT2D eigenvalue weighted by atomic mass is 10.0. The molecule has 0 fully saturated rings. The Kier molecular flexibility index (Phi) is 5.95. The number of carbonyl (C=O) groups is 1. The van der Waals surface area contributed by atoms with E-state index >= 15 is 0 Å². The lowest BCUT2D eigenvalue weighted by Gasteiger charge is -2.19. The molecule has 1 aromatic rings. The number of allylic oxidation sites excluding steroid dienone is 5. The fraction of sp³-hybridized carbons (Fsp3) is 0.318. The molecular weight excluding hydrogens is 322 g/mol. The molecule has 0 saturated carbocycles. The van der Waals surface area contributed by atoms with Gasteiger partial charge in [0.1, 0.15) is 0 Å². The van der Waals surface area contributed by atoms with Crippen LogP contribution in [0.25, 0.3) is 0 Å². The molecule has 4 nitrogen and oxygen atoms in total. The summed E-state index contributed by atoms with van der Waals surface area (Å²) in [5, 5.41) is 6.39. The normalized spacial score (nSPS) is 17.2. The number of hydrogen-bond acceptors (Lipinski definition) is 3. The molecule has 0 spiro atoms. The van der Waals surface area contributed by atoms with Gasteiger partial charge >= 0.3 is 0 Å². The van der Waals surface area contributed by atoms with Crippen molar-refractivity contribution in [3.8, 4) is 0 Å². The number of hydrogen-bond donors (Lipinski definition) is 3. The van der Waals surface area contributed by atoms with Crippen molar-refractivity contribution in [1.29, 1.82) is 0 Å². The smallest absolute Gasteiger partial charge is 0.251 e. The summed E-state index contributed by atoms with van der Waals surface area (Å²) in [5.74, 6) is -0.0829.